The molecule has 1 aromatic carbocycles. The minimum absolute atomic E-state index is 0.475. The lowest BCUT2D eigenvalue weighted by molar-refractivity contribution is 0.0798. The molecule has 0 aliphatic heterocycles. The van der Waals surface area contributed by atoms with Crippen LogP contribution in [-0.4, -0.2) is 26.1 Å². The topological polar surface area (TPSA) is 75.6 Å². The molecule has 0 aliphatic carbocycles. The first-order valence-corrected chi connectivity index (χ1v) is 6.69. The minimum atomic E-state index is -4.27. The van der Waals surface area contributed by atoms with Gasteiger partial charge in [-0.25, -0.2) is 0 Å². The molecule has 0 heterocycles. The van der Waals surface area contributed by atoms with Gasteiger partial charge in [0.05, 0.1) is 12.1 Å². The van der Waals surface area contributed by atoms with Crippen molar-refractivity contribution in [3.63, 3.8) is 0 Å². The molecule has 17 heavy (non-hydrogen) atoms. The number of nitrogens with one attached hydrogen (secondary N) is 1. The summed E-state index contributed by atoms with van der Waals surface area (Å²) in [7, 11) is -2.83. The van der Waals surface area contributed by atoms with Gasteiger partial charge in [-0.1, -0.05) is 29.8 Å². The summed E-state index contributed by atoms with van der Waals surface area (Å²) in [4.78, 5) is 0. The molecule has 0 bridgehead atoms. The van der Waals surface area contributed by atoms with Crippen molar-refractivity contribution in [1.29, 1.82) is 0 Å². The van der Waals surface area contributed by atoms with Crippen LogP contribution in [0.3, 0.4) is 0 Å². The Kier molecular flexibility index (Phi) is 4.91. The highest BCUT2D eigenvalue weighted by Gasteiger charge is 2.24. The Labute approximate surface area is 106 Å². The van der Waals surface area contributed by atoms with Crippen molar-refractivity contribution in [2.24, 2.45) is 0 Å². The molecule has 0 unspecified atom stereocenters. The second-order valence-corrected chi connectivity index (χ2v) is 5.15. The minimum Gasteiger partial charge on any atom is -0.375 e. The molecule has 0 spiro atoms. The summed E-state index contributed by atoms with van der Waals surface area (Å²) in [5.74, 6) is 0. The maximum atomic E-state index is 10.7. The number of methoxy groups -OCH3 is 1. The standard InChI is InChI=1S/C10H14ClNO4S/c1-7(12-17(13,14)15)10(16-2)8-5-3-4-6-9(8)11/h3-7,10,12H,1-2H3,(H,13,14,15)/t7-,10+/m0/s1. The first-order valence-electron chi connectivity index (χ1n) is 4.87. The van der Waals surface area contributed by atoms with Crippen LogP contribution in [0, 0.1) is 0 Å². The third kappa shape index (κ3) is 4.25. The molecule has 1 rings (SSSR count). The maximum Gasteiger partial charge on any atom is 0.333 e. The largest absolute Gasteiger partial charge is 0.375 e. The zero-order chi connectivity index (χ0) is 13.1. The molecule has 0 saturated carbocycles. The number of hydrogen-bond donors (Lipinski definition) is 2. The van der Waals surface area contributed by atoms with E-state index in [2.05, 4.69) is 0 Å². The normalized spacial score (nSPS) is 15.5. The van der Waals surface area contributed by atoms with Crippen molar-refractivity contribution in [3.8, 4) is 0 Å². The Morgan fingerprint density at radius 3 is 2.47 bits per heavy atom. The van der Waals surface area contributed by atoms with Crippen molar-refractivity contribution in [3.05, 3.63) is 34.9 Å². The van der Waals surface area contributed by atoms with E-state index in [-0.39, 0.29) is 0 Å². The summed E-state index contributed by atoms with van der Waals surface area (Å²) in [6.07, 6.45) is -0.578. The summed E-state index contributed by atoms with van der Waals surface area (Å²) >= 11 is 5.99. The Bertz CT molecular complexity index is 477. The molecule has 0 radical (unpaired) electrons. The first kappa shape index (κ1) is 14.4. The van der Waals surface area contributed by atoms with E-state index in [4.69, 9.17) is 20.9 Å². The van der Waals surface area contributed by atoms with Crippen LogP contribution in [0.5, 0.6) is 0 Å². The van der Waals surface area contributed by atoms with Crippen molar-refractivity contribution >= 4 is 21.9 Å². The predicted octanol–water partition coefficient (Wildman–Crippen LogP) is 1.81. The van der Waals surface area contributed by atoms with E-state index in [1.807, 2.05) is 4.72 Å². The molecule has 1 aromatic rings. The van der Waals surface area contributed by atoms with Crippen LogP contribution in [0.1, 0.15) is 18.6 Å². The average molecular weight is 280 g/mol. The van der Waals surface area contributed by atoms with Gasteiger partial charge >= 0.3 is 10.3 Å². The molecular weight excluding hydrogens is 266 g/mol. The van der Waals surface area contributed by atoms with Gasteiger partial charge in [-0.2, -0.15) is 13.1 Å². The molecule has 0 aliphatic rings. The van der Waals surface area contributed by atoms with Crippen molar-refractivity contribution in [2.45, 2.75) is 19.1 Å². The van der Waals surface area contributed by atoms with Gasteiger partial charge < -0.3 is 4.74 Å². The Morgan fingerprint density at radius 1 is 1.41 bits per heavy atom. The van der Waals surface area contributed by atoms with Crippen LogP contribution in [0.25, 0.3) is 0 Å². The number of hydrogen-bond acceptors (Lipinski definition) is 3. The molecule has 2 N–H and O–H groups in total. The third-order valence-corrected chi connectivity index (χ3v) is 3.27. The van der Waals surface area contributed by atoms with Gasteiger partial charge in [0.1, 0.15) is 0 Å². The lowest BCUT2D eigenvalue weighted by Gasteiger charge is -2.23. The fourth-order valence-electron chi connectivity index (χ4n) is 1.60. The van der Waals surface area contributed by atoms with E-state index in [0.29, 0.717) is 10.6 Å². The second kappa shape index (κ2) is 5.79. The quantitative estimate of drug-likeness (QED) is 0.806. The molecule has 0 fully saturated rings. The molecular formula is C10H14ClNO4S. The highest BCUT2D eigenvalue weighted by molar-refractivity contribution is 7.83. The van der Waals surface area contributed by atoms with Gasteiger partial charge in [-0.15, -0.1) is 0 Å². The van der Waals surface area contributed by atoms with Gasteiger partial charge in [0.2, 0.25) is 0 Å². The molecule has 0 saturated heterocycles. The summed E-state index contributed by atoms with van der Waals surface area (Å²) in [5.41, 5.74) is 0.653. The predicted molar refractivity (Wildman–Crippen MR) is 65.3 cm³/mol. The highest BCUT2D eigenvalue weighted by atomic mass is 35.5. The Hall–Kier alpha value is -0.660. The number of halogens is 1. The van der Waals surface area contributed by atoms with E-state index < -0.39 is 22.4 Å². The van der Waals surface area contributed by atoms with Crippen molar-refractivity contribution in [1.82, 2.24) is 4.72 Å². The number of rotatable bonds is 5. The smallest absolute Gasteiger partial charge is 0.333 e. The van der Waals surface area contributed by atoms with Crippen LogP contribution in [-0.2, 0) is 15.0 Å². The second-order valence-electron chi connectivity index (χ2n) is 3.56. The number of ether oxygens (including phenoxy) is 1. The van der Waals surface area contributed by atoms with Crippen LogP contribution < -0.4 is 4.72 Å². The SMILES string of the molecule is CO[C@@H](c1ccccc1Cl)[C@H](C)NS(=O)(=O)O. The van der Waals surface area contributed by atoms with Crippen LogP contribution >= 0.6 is 11.6 Å². The molecule has 0 amide bonds. The lowest BCUT2D eigenvalue weighted by Crippen LogP contribution is -2.37. The monoisotopic (exact) mass is 279 g/mol. The van der Waals surface area contributed by atoms with Gasteiger partial charge in [0, 0.05) is 17.7 Å². The van der Waals surface area contributed by atoms with Crippen molar-refractivity contribution < 1.29 is 17.7 Å². The van der Waals surface area contributed by atoms with E-state index in [9.17, 15) is 8.42 Å². The Balaban J connectivity index is 2.96. The zero-order valence-electron chi connectivity index (χ0n) is 9.42. The van der Waals surface area contributed by atoms with E-state index in [1.54, 1.807) is 31.2 Å². The Morgan fingerprint density at radius 2 is 2.00 bits per heavy atom. The van der Waals surface area contributed by atoms with Crippen molar-refractivity contribution in [2.75, 3.05) is 7.11 Å². The summed E-state index contributed by atoms with van der Waals surface area (Å²) in [6.45, 7) is 1.57. The average Bonchev–Trinajstić information content (AvgIpc) is 2.19. The third-order valence-electron chi connectivity index (χ3n) is 2.25. The van der Waals surface area contributed by atoms with Crippen LogP contribution in [0.15, 0.2) is 24.3 Å². The summed E-state index contributed by atoms with van der Waals surface area (Å²) < 4.78 is 37.4. The molecule has 2 atom stereocenters. The fraction of sp³-hybridized carbons (Fsp3) is 0.400. The van der Waals surface area contributed by atoms with Gasteiger partial charge in [0.25, 0.3) is 0 Å². The van der Waals surface area contributed by atoms with Gasteiger partial charge in [-0.3, -0.25) is 4.55 Å². The molecule has 0 aromatic heterocycles. The van der Waals surface area contributed by atoms with Gasteiger partial charge in [0.15, 0.2) is 0 Å². The summed E-state index contributed by atoms with van der Waals surface area (Å²) in [5, 5.41) is 0.475. The fourth-order valence-corrected chi connectivity index (χ4v) is 2.44. The van der Waals surface area contributed by atoms with E-state index >= 15 is 0 Å². The molecule has 96 valence electrons. The zero-order valence-corrected chi connectivity index (χ0v) is 11.0. The lowest BCUT2D eigenvalue weighted by atomic mass is 10.0. The van der Waals surface area contributed by atoms with E-state index in [0.717, 1.165) is 0 Å². The first-order chi connectivity index (χ1) is 7.85. The van der Waals surface area contributed by atoms with Crippen LogP contribution in [0.4, 0.5) is 0 Å². The highest BCUT2D eigenvalue weighted by Crippen LogP contribution is 2.27. The molecule has 7 heteroatoms. The maximum absolute atomic E-state index is 10.7. The van der Waals surface area contributed by atoms with Gasteiger partial charge in [-0.05, 0) is 13.0 Å². The van der Waals surface area contributed by atoms with E-state index in [1.165, 1.54) is 7.11 Å². The van der Waals surface area contributed by atoms with Crippen LogP contribution in [0.2, 0.25) is 5.02 Å². The number of benzene rings is 1. The summed E-state index contributed by atoms with van der Waals surface area (Å²) in [6, 6.07) is 6.31. The molecule has 5 nitrogen and oxygen atoms in total.